The van der Waals surface area contributed by atoms with Gasteiger partial charge in [0.2, 0.25) is 5.95 Å². The molecule has 0 amide bonds. The van der Waals surface area contributed by atoms with Crippen LogP contribution in [0.3, 0.4) is 0 Å². The number of nitrogens with two attached hydrogens (primary N) is 1. The molecular weight excluding hydrogens is 283 g/mol. The number of halogens is 3. The van der Waals surface area contributed by atoms with E-state index >= 15 is 0 Å². The largest absolute Gasteiger partial charge is 0.433 e. The molecule has 0 aromatic carbocycles. The standard InChI is InChI=1S/C13H20F3N5/c1-2-3-9-4-6-21(7-5-9)11-8-10(13(14,15)16)18-12(19-11)20-17/h8-9H,2-7,17H2,1H3,(H,18,19,20). The molecule has 1 saturated heterocycles. The molecule has 0 bridgehead atoms. The molecule has 1 aliphatic heterocycles. The molecule has 5 nitrogen and oxygen atoms in total. The summed E-state index contributed by atoms with van der Waals surface area (Å²) >= 11 is 0. The number of rotatable bonds is 4. The summed E-state index contributed by atoms with van der Waals surface area (Å²) in [4.78, 5) is 9.27. The zero-order valence-electron chi connectivity index (χ0n) is 12.0. The maximum absolute atomic E-state index is 12.8. The van der Waals surface area contributed by atoms with E-state index in [1.807, 2.05) is 4.90 Å². The zero-order chi connectivity index (χ0) is 15.5. The van der Waals surface area contributed by atoms with Gasteiger partial charge in [-0.3, -0.25) is 5.43 Å². The normalized spacial score (nSPS) is 17.1. The zero-order valence-corrected chi connectivity index (χ0v) is 12.0. The van der Waals surface area contributed by atoms with Crippen molar-refractivity contribution in [2.24, 2.45) is 11.8 Å². The Labute approximate surface area is 121 Å². The fraction of sp³-hybridized carbons (Fsp3) is 0.692. The maximum Gasteiger partial charge on any atom is 0.433 e. The average molecular weight is 303 g/mol. The molecule has 8 heteroatoms. The van der Waals surface area contributed by atoms with Crippen LogP contribution in [-0.4, -0.2) is 23.1 Å². The number of piperidine rings is 1. The number of hydrazine groups is 1. The molecule has 2 rings (SSSR count). The first-order chi connectivity index (χ1) is 9.94. The van der Waals surface area contributed by atoms with Gasteiger partial charge in [0.15, 0.2) is 5.69 Å². The third-order valence-corrected chi connectivity index (χ3v) is 3.77. The van der Waals surface area contributed by atoms with Crippen LogP contribution in [0.4, 0.5) is 24.9 Å². The molecule has 1 aliphatic rings. The Morgan fingerprint density at radius 2 is 2.00 bits per heavy atom. The first kappa shape index (κ1) is 15.8. The van der Waals surface area contributed by atoms with Gasteiger partial charge in [0.25, 0.3) is 0 Å². The summed E-state index contributed by atoms with van der Waals surface area (Å²) in [5, 5.41) is 0. The summed E-state index contributed by atoms with van der Waals surface area (Å²) in [7, 11) is 0. The molecule has 118 valence electrons. The SMILES string of the molecule is CCCC1CCN(c2cc(C(F)(F)F)nc(NN)n2)CC1. The van der Waals surface area contributed by atoms with E-state index in [9.17, 15) is 13.2 Å². The van der Waals surface area contributed by atoms with Crippen LogP contribution in [0.25, 0.3) is 0 Å². The number of nitrogen functional groups attached to an aromatic ring is 1. The smallest absolute Gasteiger partial charge is 0.356 e. The van der Waals surface area contributed by atoms with Crippen LogP contribution < -0.4 is 16.2 Å². The quantitative estimate of drug-likeness (QED) is 0.661. The Bertz CT molecular complexity index is 469. The Morgan fingerprint density at radius 3 is 2.52 bits per heavy atom. The average Bonchev–Trinajstić information content (AvgIpc) is 2.47. The van der Waals surface area contributed by atoms with Crippen LogP contribution in [0.2, 0.25) is 0 Å². The van der Waals surface area contributed by atoms with Gasteiger partial charge >= 0.3 is 6.18 Å². The van der Waals surface area contributed by atoms with Gasteiger partial charge in [0.05, 0.1) is 0 Å². The van der Waals surface area contributed by atoms with E-state index in [0.717, 1.165) is 25.3 Å². The van der Waals surface area contributed by atoms with E-state index in [-0.39, 0.29) is 11.8 Å². The van der Waals surface area contributed by atoms with Crippen molar-refractivity contribution in [3.05, 3.63) is 11.8 Å². The summed E-state index contributed by atoms with van der Waals surface area (Å²) in [5.74, 6) is 5.88. The molecule has 3 N–H and O–H groups in total. The number of aromatic nitrogens is 2. The number of nitrogens with zero attached hydrogens (tertiary/aromatic N) is 3. The predicted molar refractivity (Wildman–Crippen MR) is 74.7 cm³/mol. The summed E-state index contributed by atoms with van der Waals surface area (Å²) in [5.41, 5.74) is 1.12. The van der Waals surface area contributed by atoms with E-state index in [1.165, 1.54) is 6.42 Å². The van der Waals surface area contributed by atoms with Crippen LogP contribution in [0.15, 0.2) is 6.07 Å². The first-order valence-electron chi connectivity index (χ1n) is 7.12. The second-order valence-electron chi connectivity index (χ2n) is 5.30. The van der Waals surface area contributed by atoms with Crippen molar-refractivity contribution < 1.29 is 13.2 Å². The highest BCUT2D eigenvalue weighted by Gasteiger charge is 2.34. The fourth-order valence-corrected chi connectivity index (χ4v) is 2.67. The van der Waals surface area contributed by atoms with Crippen molar-refractivity contribution in [2.75, 3.05) is 23.4 Å². The minimum Gasteiger partial charge on any atom is -0.356 e. The Balaban J connectivity index is 2.16. The van der Waals surface area contributed by atoms with E-state index in [4.69, 9.17) is 5.84 Å². The molecule has 1 fully saturated rings. The topological polar surface area (TPSA) is 67.1 Å². The predicted octanol–water partition coefficient (Wildman–Crippen LogP) is 2.80. The van der Waals surface area contributed by atoms with Crippen molar-refractivity contribution >= 4 is 11.8 Å². The van der Waals surface area contributed by atoms with Gasteiger partial charge in [-0.05, 0) is 18.8 Å². The van der Waals surface area contributed by atoms with Crippen LogP contribution in [0, 0.1) is 5.92 Å². The molecular formula is C13H20F3N5. The Kier molecular flexibility index (Phi) is 4.87. The van der Waals surface area contributed by atoms with Gasteiger partial charge in [0, 0.05) is 19.2 Å². The van der Waals surface area contributed by atoms with Gasteiger partial charge in [-0.15, -0.1) is 0 Å². The second-order valence-corrected chi connectivity index (χ2v) is 5.30. The van der Waals surface area contributed by atoms with Crippen molar-refractivity contribution in [1.29, 1.82) is 0 Å². The molecule has 0 radical (unpaired) electrons. The second kappa shape index (κ2) is 6.46. The fourth-order valence-electron chi connectivity index (χ4n) is 2.67. The first-order valence-corrected chi connectivity index (χ1v) is 7.12. The lowest BCUT2D eigenvalue weighted by Crippen LogP contribution is -2.34. The van der Waals surface area contributed by atoms with Crippen LogP contribution >= 0.6 is 0 Å². The Morgan fingerprint density at radius 1 is 1.33 bits per heavy atom. The highest BCUT2D eigenvalue weighted by molar-refractivity contribution is 5.45. The van der Waals surface area contributed by atoms with Gasteiger partial charge in [-0.2, -0.15) is 18.2 Å². The lowest BCUT2D eigenvalue weighted by atomic mass is 9.92. The van der Waals surface area contributed by atoms with Crippen molar-refractivity contribution in [3.8, 4) is 0 Å². The molecule has 1 aromatic rings. The number of hydrogen-bond acceptors (Lipinski definition) is 5. The lowest BCUT2D eigenvalue weighted by Gasteiger charge is -2.33. The summed E-state index contributed by atoms with van der Waals surface area (Å²) in [6.45, 7) is 3.57. The highest BCUT2D eigenvalue weighted by atomic mass is 19.4. The van der Waals surface area contributed by atoms with Gasteiger partial charge in [0.1, 0.15) is 5.82 Å². The number of anilines is 2. The number of nitrogens with one attached hydrogen (secondary N) is 1. The van der Waals surface area contributed by atoms with Crippen molar-refractivity contribution in [3.63, 3.8) is 0 Å². The van der Waals surface area contributed by atoms with Crippen molar-refractivity contribution in [1.82, 2.24) is 9.97 Å². The molecule has 2 heterocycles. The molecule has 21 heavy (non-hydrogen) atoms. The minimum absolute atomic E-state index is 0.212. The van der Waals surface area contributed by atoms with Crippen LogP contribution in [0.5, 0.6) is 0 Å². The number of hydrogen-bond donors (Lipinski definition) is 2. The van der Waals surface area contributed by atoms with E-state index < -0.39 is 11.9 Å². The molecule has 0 unspecified atom stereocenters. The third-order valence-electron chi connectivity index (χ3n) is 3.77. The molecule has 0 spiro atoms. The molecule has 0 atom stereocenters. The van der Waals surface area contributed by atoms with E-state index in [0.29, 0.717) is 19.0 Å². The van der Waals surface area contributed by atoms with Crippen LogP contribution in [0.1, 0.15) is 38.3 Å². The molecule has 0 saturated carbocycles. The summed E-state index contributed by atoms with van der Waals surface area (Å²) in [6, 6.07) is 0.987. The summed E-state index contributed by atoms with van der Waals surface area (Å²) in [6.07, 6.45) is -0.252. The van der Waals surface area contributed by atoms with E-state index in [2.05, 4.69) is 22.3 Å². The molecule has 1 aromatic heterocycles. The Hall–Kier alpha value is -1.57. The van der Waals surface area contributed by atoms with E-state index in [1.54, 1.807) is 0 Å². The monoisotopic (exact) mass is 303 g/mol. The lowest BCUT2D eigenvalue weighted by molar-refractivity contribution is -0.141. The third kappa shape index (κ3) is 3.96. The molecule has 0 aliphatic carbocycles. The highest BCUT2D eigenvalue weighted by Crippen LogP contribution is 2.32. The summed E-state index contributed by atoms with van der Waals surface area (Å²) < 4.78 is 38.5. The van der Waals surface area contributed by atoms with Gasteiger partial charge < -0.3 is 4.90 Å². The maximum atomic E-state index is 12.8. The van der Waals surface area contributed by atoms with Crippen LogP contribution in [-0.2, 0) is 6.18 Å². The minimum atomic E-state index is -4.51. The number of alkyl halides is 3. The van der Waals surface area contributed by atoms with Gasteiger partial charge in [-0.25, -0.2) is 10.8 Å². The van der Waals surface area contributed by atoms with Gasteiger partial charge in [-0.1, -0.05) is 19.8 Å². The van der Waals surface area contributed by atoms with Crippen molar-refractivity contribution in [2.45, 2.75) is 38.8 Å².